The van der Waals surface area contributed by atoms with Gasteiger partial charge >= 0.3 is 0 Å². The number of hydrogen-bond acceptors (Lipinski definition) is 3. The minimum atomic E-state index is 0.148. The van der Waals surface area contributed by atoms with Gasteiger partial charge in [0.05, 0.1) is 14.2 Å². The zero-order valence-corrected chi connectivity index (χ0v) is 10.5. The van der Waals surface area contributed by atoms with Gasteiger partial charge in [0.25, 0.3) is 0 Å². The van der Waals surface area contributed by atoms with Gasteiger partial charge in [-0.1, -0.05) is 0 Å². The Labute approximate surface area is 96.4 Å². The minimum absolute atomic E-state index is 0.148. The Morgan fingerprint density at radius 1 is 1.19 bits per heavy atom. The molecule has 0 aliphatic rings. The highest BCUT2D eigenvalue weighted by Crippen LogP contribution is 2.35. The summed E-state index contributed by atoms with van der Waals surface area (Å²) in [6, 6.07) is 1.88. The van der Waals surface area contributed by atoms with Gasteiger partial charge in [0.1, 0.15) is 5.78 Å². The zero-order chi connectivity index (χ0) is 12.3. The summed E-state index contributed by atoms with van der Waals surface area (Å²) in [4.78, 5) is 11.2. The fourth-order valence-electron chi connectivity index (χ4n) is 1.79. The van der Waals surface area contributed by atoms with Gasteiger partial charge in [-0.25, -0.2) is 0 Å². The lowest BCUT2D eigenvalue weighted by molar-refractivity contribution is -0.116. The molecule has 0 heterocycles. The molecule has 0 fully saturated rings. The number of rotatable bonds is 4. The number of hydrogen-bond donors (Lipinski definition) is 0. The molecule has 0 N–H and O–H groups in total. The SMILES string of the molecule is COc1cc(CC(C)=O)c(C)c(C)c1OC. The van der Waals surface area contributed by atoms with Crippen LogP contribution < -0.4 is 9.47 Å². The first-order valence-corrected chi connectivity index (χ1v) is 5.21. The van der Waals surface area contributed by atoms with E-state index in [4.69, 9.17) is 9.47 Å². The van der Waals surface area contributed by atoms with Crippen molar-refractivity contribution in [3.8, 4) is 11.5 Å². The quantitative estimate of drug-likeness (QED) is 0.785. The van der Waals surface area contributed by atoms with E-state index in [1.54, 1.807) is 21.1 Å². The van der Waals surface area contributed by atoms with Gasteiger partial charge in [-0.05, 0) is 43.5 Å². The molecule has 88 valence electrons. The molecule has 0 radical (unpaired) electrons. The predicted molar refractivity (Wildman–Crippen MR) is 63.4 cm³/mol. The number of benzene rings is 1. The number of methoxy groups -OCH3 is 2. The van der Waals surface area contributed by atoms with Crippen LogP contribution in [0.3, 0.4) is 0 Å². The van der Waals surface area contributed by atoms with E-state index < -0.39 is 0 Å². The highest BCUT2D eigenvalue weighted by Gasteiger charge is 2.14. The van der Waals surface area contributed by atoms with Crippen molar-refractivity contribution in [3.05, 3.63) is 22.8 Å². The summed E-state index contributed by atoms with van der Waals surface area (Å²) in [6.07, 6.45) is 0.438. The third-order valence-electron chi connectivity index (χ3n) is 2.78. The lowest BCUT2D eigenvalue weighted by Crippen LogP contribution is -2.03. The number of carbonyl (C=O) groups is 1. The Kier molecular flexibility index (Phi) is 3.93. The summed E-state index contributed by atoms with van der Waals surface area (Å²) < 4.78 is 10.6. The van der Waals surface area contributed by atoms with Gasteiger partial charge in [0.15, 0.2) is 11.5 Å². The zero-order valence-electron chi connectivity index (χ0n) is 10.5. The third-order valence-corrected chi connectivity index (χ3v) is 2.78. The topological polar surface area (TPSA) is 35.5 Å². The highest BCUT2D eigenvalue weighted by molar-refractivity contribution is 5.79. The van der Waals surface area contributed by atoms with Crippen LogP contribution in [0, 0.1) is 13.8 Å². The van der Waals surface area contributed by atoms with E-state index in [1.165, 1.54) is 0 Å². The summed E-state index contributed by atoms with van der Waals surface area (Å²) in [5, 5.41) is 0. The molecule has 0 bridgehead atoms. The molecule has 0 unspecified atom stereocenters. The molecule has 0 atom stereocenters. The highest BCUT2D eigenvalue weighted by atomic mass is 16.5. The van der Waals surface area contributed by atoms with Crippen LogP contribution in [0.5, 0.6) is 11.5 Å². The van der Waals surface area contributed by atoms with Crippen molar-refractivity contribution < 1.29 is 14.3 Å². The van der Waals surface area contributed by atoms with Crippen LogP contribution in [-0.4, -0.2) is 20.0 Å². The first kappa shape index (κ1) is 12.6. The lowest BCUT2D eigenvalue weighted by atomic mass is 9.98. The largest absolute Gasteiger partial charge is 0.493 e. The second-order valence-corrected chi connectivity index (χ2v) is 3.90. The molecule has 0 aliphatic carbocycles. The van der Waals surface area contributed by atoms with E-state index >= 15 is 0 Å². The average molecular weight is 222 g/mol. The Balaban J connectivity index is 3.32. The lowest BCUT2D eigenvalue weighted by Gasteiger charge is -2.15. The van der Waals surface area contributed by atoms with Crippen molar-refractivity contribution in [2.45, 2.75) is 27.2 Å². The van der Waals surface area contributed by atoms with Gasteiger partial charge in [0, 0.05) is 6.42 Å². The van der Waals surface area contributed by atoms with Crippen molar-refractivity contribution in [2.24, 2.45) is 0 Å². The van der Waals surface area contributed by atoms with E-state index in [9.17, 15) is 4.79 Å². The Morgan fingerprint density at radius 3 is 2.25 bits per heavy atom. The fourth-order valence-corrected chi connectivity index (χ4v) is 1.79. The molecule has 1 rings (SSSR count). The van der Waals surface area contributed by atoms with Crippen molar-refractivity contribution in [3.63, 3.8) is 0 Å². The normalized spacial score (nSPS) is 10.1. The predicted octanol–water partition coefficient (Wildman–Crippen LogP) is 2.45. The molecule has 0 aliphatic heterocycles. The molecular formula is C13H18O3. The third kappa shape index (κ3) is 2.35. The summed E-state index contributed by atoms with van der Waals surface area (Å²) >= 11 is 0. The minimum Gasteiger partial charge on any atom is -0.493 e. The second kappa shape index (κ2) is 5.01. The van der Waals surface area contributed by atoms with E-state index in [0.29, 0.717) is 12.2 Å². The van der Waals surface area contributed by atoms with Crippen LogP contribution in [0.25, 0.3) is 0 Å². The second-order valence-electron chi connectivity index (χ2n) is 3.90. The summed E-state index contributed by atoms with van der Waals surface area (Å²) in [6.45, 7) is 5.56. The number of Topliss-reactive ketones (excluding diaryl/α,β-unsaturated/α-hetero) is 1. The van der Waals surface area contributed by atoms with Crippen LogP contribution in [0.4, 0.5) is 0 Å². The smallest absolute Gasteiger partial charge is 0.163 e. The van der Waals surface area contributed by atoms with Crippen LogP contribution in [0.1, 0.15) is 23.6 Å². The average Bonchev–Trinajstić information content (AvgIpc) is 2.24. The van der Waals surface area contributed by atoms with Gasteiger partial charge in [-0.15, -0.1) is 0 Å². The van der Waals surface area contributed by atoms with Crippen molar-refractivity contribution >= 4 is 5.78 Å². The van der Waals surface area contributed by atoms with Crippen molar-refractivity contribution in [1.29, 1.82) is 0 Å². The molecule has 0 saturated heterocycles. The first-order valence-electron chi connectivity index (χ1n) is 5.21. The van der Waals surface area contributed by atoms with Crippen molar-refractivity contribution in [1.82, 2.24) is 0 Å². The van der Waals surface area contributed by atoms with Gasteiger partial charge < -0.3 is 9.47 Å². The molecule has 0 aromatic heterocycles. The molecule has 16 heavy (non-hydrogen) atoms. The van der Waals surface area contributed by atoms with E-state index in [1.807, 2.05) is 19.9 Å². The molecule has 3 nitrogen and oxygen atoms in total. The van der Waals surface area contributed by atoms with E-state index in [-0.39, 0.29) is 5.78 Å². The molecule has 3 heteroatoms. The van der Waals surface area contributed by atoms with Crippen LogP contribution in [-0.2, 0) is 11.2 Å². The summed E-state index contributed by atoms with van der Waals surface area (Å²) in [7, 11) is 3.22. The summed E-state index contributed by atoms with van der Waals surface area (Å²) in [5.74, 6) is 1.57. The van der Waals surface area contributed by atoms with Crippen LogP contribution in [0.15, 0.2) is 6.07 Å². The Morgan fingerprint density at radius 2 is 1.81 bits per heavy atom. The number of ether oxygens (including phenoxy) is 2. The molecule has 1 aromatic rings. The Hall–Kier alpha value is -1.51. The standard InChI is InChI=1S/C13H18O3/c1-8(14)6-11-7-12(15-4)13(16-5)10(3)9(11)2/h7H,6H2,1-5H3. The number of ketones is 1. The van der Waals surface area contributed by atoms with Crippen LogP contribution >= 0.6 is 0 Å². The first-order chi connectivity index (χ1) is 7.51. The van der Waals surface area contributed by atoms with Gasteiger partial charge in [0.2, 0.25) is 0 Å². The van der Waals surface area contributed by atoms with Crippen LogP contribution in [0.2, 0.25) is 0 Å². The molecule has 0 saturated carbocycles. The maximum atomic E-state index is 11.2. The van der Waals surface area contributed by atoms with E-state index in [2.05, 4.69) is 0 Å². The van der Waals surface area contributed by atoms with Gasteiger partial charge in [-0.3, -0.25) is 4.79 Å². The van der Waals surface area contributed by atoms with Gasteiger partial charge in [-0.2, -0.15) is 0 Å². The molecular weight excluding hydrogens is 204 g/mol. The Bertz CT molecular complexity index is 408. The monoisotopic (exact) mass is 222 g/mol. The molecule has 0 spiro atoms. The van der Waals surface area contributed by atoms with E-state index in [0.717, 1.165) is 22.4 Å². The fraction of sp³-hybridized carbons (Fsp3) is 0.462. The number of carbonyl (C=O) groups excluding carboxylic acids is 1. The molecule has 1 aromatic carbocycles. The summed E-state index contributed by atoms with van der Waals surface area (Å²) in [5.41, 5.74) is 3.12. The maximum Gasteiger partial charge on any atom is 0.163 e. The van der Waals surface area contributed by atoms with Crippen molar-refractivity contribution in [2.75, 3.05) is 14.2 Å². The maximum absolute atomic E-state index is 11.2. The molecule has 0 amide bonds.